The molecule has 2 aromatic rings. The van der Waals surface area contributed by atoms with Gasteiger partial charge in [0.05, 0.1) is 28.2 Å². The van der Waals surface area contributed by atoms with Crippen molar-refractivity contribution in [3.05, 3.63) is 51.1 Å². The molecule has 2 aliphatic rings. The molecule has 186 valence electrons. The first kappa shape index (κ1) is 25.4. The molecule has 3 atom stereocenters. The number of hydrogen-bond acceptors (Lipinski definition) is 7. The quantitative estimate of drug-likeness (QED) is 0.378. The molecule has 0 N–H and O–H groups in total. The summed E-state index contributed by atoms with van der Waals surface area (Å²) < 4.78 is 30.6. The van der Waals surface area contributed by atoms with Gasteiger partial charge in [-0.2, -0.15) is 14.0 Å². The fourth-order valence-corrected chi connectivity index (χ4v) is 5.80. The number of allylic oxidation sites excluding steroid dienone is 1. The van der Waals surface area contributed by atoms with Crippen molar-refractivity contribution >= 4 is 11.3 Å². The van der Waals surface area contributed by atoms with Crippen molar-refractivity contribution in [1.29, 1.82) is 5.26 Å². The average molecular weight is 501 g/mol. The summed E-state index contributed by atoms with van der Waals surface area (Å²) in [6.07, 6.45) is 4.52. The first-order valence-electron chi connectivity index (χ1n) is 11.8. The van der Waals surface area contributed by atoms with Gasteiger partial charge in [0.15, 0.2) is 0 Å². The second-order valence-corrected chi connectivity index (χ2v) is 11.5. The number of hydrogen-bond donors (Lipinski definition) is 0. The molecule has 4 rings (SSSR count). The molecule has 9 heteroatoms. The van der Waals surface area contributed by atoms with E-state index >= 15 is 0 Å². The Bertz CT molecular complexity index is 1160. The average Bonchev–Trinajstić information content (AvgIpc) is 3.53. The van der Waals surface area contributed by atoms with Crippen LogP contribution in [0.4, 0.5) is 8.78 Å². The van der Waals surface area contributed by atoms with E-state index in [1.54, 1.807) is 12.3 Å². The fraction of sp³-hybridized carbons (Fsp3) is 0.538. The van der Waals surface area contributed by atoms with Gasteiger partial charge in [-0.1, -0.05) is 20.8 Å². The number of nitriles is 1. The number of nitroso groups, excluding NO2 is 1. The lowest BCUT2D eigenvalue weighted by atomic mass is 9.72. The maximum Gasteiger partial charge on any atom is 0.387 e. The zero-order chi connectivity index (χ0) is 25.3. The Labute approximate surface area is 208 Å². The lowest BCUT2D eigenvalue weighted by Crippen LogP contribution is -2.46. The molecular weight excluding hydrogens is 470 g/mol. The number of aromatic nitrogens is 1. The molecule has 2 unspecified atom stereocenters. The van der Waals surface area contributed by atoms with Crippen molar-refractivity contribution in [2.75, 3.05) is 13.1 Å². The predicted octanol–water partition coefficient (Wildman–Crippen LogP) is 7.14. The van der Waals surface area contributed by atoms with E-state index in [0.717, 1.165) is 43.1 Å². The number of piperidine rings is 1. The minimum Gasteiger partial charge on any atom is -0.434 e. The molecule has 0 spiro atoms. The molecule has 2 fully saturated rings. The number of rotatable bonds is 7. The number of halogens is 2. The Balaban J connectivity index is 1.62. The maximum atomic E-state index is 13.0. The molecule has 1 saturated carbocycles. The van der Waals surface area contributed by atoms with Crippen molar-refractivity contribution in [3.63, 3.8) is 0 Å². The zero-order valence-electron chi connectivity index (χ0n) is 20.4. The van der Waals surface area contributed by atoms with Crippen LogP contribution in [0.2, 0.25) is 0 Å². The molecule has 1 aliphatic heterocycles. The third-order valence-corrected chi connectivity index (χ3v) is 8.27. The minimum absolute atomic E-state index is 0.0189. The maximum absolute atomic E-state index is 13.0. The third-order valence-electron chi connectivity index (χ3n) is 7.07. The monoisotopic (exact) mass is 500 g/mol. The van der Waals surface area contributed by atoms with Crippen molar-refractivity contribution in [2.24, 2.45) is 22.4 Å². The molecule has 1 saturated heterocycles. The third kappa shape index (κ3) is 5.76. The summed E-state index contributed by atoms with van der Waals surface area (Å²) in [5.74, 6) is 0.506. The van der Waals surface area contributed by atoms with Crippen LogP contribution >= 0.6 is 11.3 Å². The summed E-state index contributed by atoms with van der Waals surface area (Å²) in [6.45, 7) is 7.43. The molecule has 1 aromatic heterocycles. The van der Waals surface area contributed by atoms with E-state index in [-0.39, 0.29) is 23.1 Å². The van der Waals surface area contributed by atoms with Crippen LogP contribution in [-0.2, 0) is 0 Å². The highest BCUT2D eigenvalue weighted by Gasteiger charge is 2.39. The van der Waals surface area contributed by atoms with Gasteiger partial charge in [-0.3, -0.25) is 4.90 Å². The summed E-state index contributed by atoms with van der Waals surface area (Å²) >= 11 is 1.41. The second-order valence-electron chi connectivity index (χ2n) is 10.5. The zero-order valence-corrected chi connectivity index (χ0v) is 21.2. The Morgan fingerprint density at radius 2 is 2.06 bits per heavy atom. The van der Waals surface area contributed by atoms with E-state index in [1.807, 2.05) is 6.07 Å². The highest BCUT2D eigenvalue weighted by atomic mass is 32.1. The molecule has 1 aliphatic carbocycles. The van der Waals surface area contributed by atoms with Crippen molar-refractivity contribution in [3.8, 4) is 22.3 Å². The highest BCUT2D eigenvalue weighted by molar-refractivity contribution is 7.15. The summed E-state index contributed by atoms with van der Waals surface area (Å²) in [7, 11) is 0. The van der Waals surface area contributed by atoms with Crippen molar-refractivity contribution in [1.82, 2.24) is 9.88 Å². The van der Waals surface area contributed by atoms with Crippen molar-refractivity contribution in [2.45, 2.75) is 59.6 Å². The van der Waals surface area contributed by atoms with E-state index in [2.05, 4.69) is 42.8 Å². The molecule has 0 radical (unpaired) electrons. The summed E-state index contributed by atoms with van der Waals surface area (Å²) in [5, 5.41) is 13.6. The molecule has 0 bridgehead atoms. The number of alkyl halides is 2. The smallest absolute Gasteiger partial charge is 0.387 e. The fourth-order valence-electron chi connectivity index (χ4n) is 4.77. The van der Waals surface area contributed by atoms with Gasteiger partial charge in [-0.05, 0) is 66.5 Å². The summed E-state index contributed by atoms with van der Waals surface area (Å²) in [5.41, 5.74) is 2.78. The van der Waals surface area contributed by atoms with E-state index in [0.29, 0.717) is 21.9 Å². The SMILES string of the molecule is CC(c1ncc(-c2cc(C#N)ccc2OC(F)F)s1)N1CC(C(C)(C)C)C[C@@H](C(N=O)=C2CC2)C1. The van der Waals surface area contributed by atoms with Gasteiger partial charge in [0, 0.05) is 30.8 Å². The Kier molecular flexibility index (Phi) is 7.34. The molecule has 2 heterocycles. The van der Waals surface area contributed by atoms with Gasteiger partial charge >= 0.3 is 6.61 Å². The lowest BCUT2D eigenvalue weighted by molar-refractivity contribution is -0.0494. The highest BCUT2D eigenvalue weighted by Crippen LogP contribution is 2.45. The van der Waals surface area contributed by atoms with Gasteiger partial charge < -0.3 is 4.74 Å². The molecule has 1 aromatic carbocycles. The number of ether oxygens (including phenoxy) is 1. The van der Waals surface area contributed by atoms with Gasteiger partial charge in [-0.25, -0.2) is 4.98 Å². The Hall–Kier alpha value is -2.70. The molecule has 6 nitrogen and oxygen atoms in total. The number of likely N-dealkylation sites (tertiary alicyclic amines) is 1. The first-order valence-corrected chi connectivity index (χ1v) is 12.7. The molecule has 35 heavy (non-hydrogen) atoms. The van der Waals surface area contributed by atoms with E-state index in [4.69, 9.17) is 4.74 Å². The normalized spacial score (nSPS) is 21.5. The topological polar surface area (TPSA) is 78.6 Å². The molecule has 0 amide bonds. The van der Waals surface area contributed by atoms with Gasteiger partial charge in [0.1, 0.15) is 10.8 Å². The van der Waals surface area contributed by atoms with Gasteiger partial charge in [0.2, 0.25) is 0 Å². The first-order chi connectivity index (χ1) is 16.6. The van der Waals surface area contributed by atoms with Crippen LogP contribution in [0.1, 0.15) is 63.6 Å². The van der Waals surface area contributed by atoms with E-state index < -0.39 is 6.61 Å². The number of nitrogens with zero attached hydrogens (tertiary/aromatic N) is 4. The number of thiazole rings is 1. The van der Waals surface area contributed by atoms with Crippen LogP contribution in [0.15, 0.2) is 40.8 Å². The standard InChI is InChI=1S/C26H30F2N4O2S/c1-15(32-13-18(23(31-33)17-6-7-17)10-19(14-32)26(2,3)4)24-30-12-22(35-24)20-9-16(11-29)5-8-21(20)34-25(27)28/h5,8-9,12,15,18-19,25H,6-7,10,13-14H2,1-4H3/t15?,18-,19?/m1/s1. The summed E-state index contributed by atoms with van der Waals surface area (Å²) in [6, 6.07) is 6.42. The van der Waals surface area contributed by atoms with Crippen LogP contribution in [0.25, 0.3) is 10.4 Å². The van der Waals surface area contributed by atoms with Crippen molar-refractivity contribution < 1.29 is 13.5 Å². The molecular formula is C26H30F2N4O2S. The minimum atomic E-state index is -2.96. The van der Waals surface area contributed by atoms with Gasteiger partial charge in [-0.15, -0.1) is 16.2 Å². The van der Waals surface area contributed by atoms with Crippen LogP contribution < -0.4 is 4.74 Å². The lowest BCUT2D eigenvalue weighted by Gasteiger charge is -2.45. The Morgan fingerprint density at radius 3 is 2.66 bits per heavy atom. The second kappa shape index (κ2) is 10.1. The Morgan fingerprint density at radius 1 is 1.31 bits per heavy atom. The predicted molar refractivity (Wildman–Crippen MR) is 132 cm³/mol. The number of benzene rings is 1. The van der Waals surface area contributed by atoms with Crippen LogP contribution in [0.3, 0.4) is 0 Å². The summed E-state index contributed by atoms with van der Waals surface area (Å²) in [4.78, 5) is 19.3. The van der Waals surface area contributed by atoms with Gasteiger partial charge in [0.25, 0.3) is 0 Å². The van der Waals surface area contributed by atoms with Crippen LogP contribution in [-0.4, -0.2) is 29.6 Å². The van der Waals surface area contributed by atoms with Crippen LogP contribution in [0.5, 0.6) is 5.75 Å². The largest absolute Gasteiger partial charge is 0.434 e. The van der Waals surface area contributed by atoms with E-state index in [9.17, 15) is 18.9 Å². The van der Waals surface area contributed by atoms with Crippen LogP contribution in [0, 0.1) is 33.5 Å². The van der Waals surface area contributed by atoms with E-state index in [1.165, 1.54) is 29.0 Å².